The molecule has 4 nitrogen and oxygen atoms in total. The van der Waals surface area contributed by atoms with Crippen LogP contribution >= 0.6 is 23.2 Å². The van der Waals surface area contributed by atoms with Crippen molar-refractivity contribution in [2.45, 2.75) is 25.4 Å². The highest BCUT2D eigenvalue weighted by molar-refractivity contribution is 6.37. The molecule has 1 aromatic carbocycles. The number of amides is 1. The number of phenols is 1. The van der Waals surface area contributed by atoms with Crippen LogP contribution in [0, 0.1) is 5.92 Å². The Morgan fingerprint density at radius 3 is 2.90 bits per heavy atom. The highest BCUT2D eigenvalue weighted by atomic mass is 35.5. The number of piperidine rings is 1. The molecule has 0 aliphatic carbocycles. The van der Waals surface area contributed by atoms with Gasteiger partial charge in [-0.1, -0.05) is 23.2 Å². The summed E-state index contributed by atoms with van der Waals surface area (Å²) in [6, 6.07) is 2.82. The van der Waals surface area contributed by atoms with E-state index in [1.54, 1.807) is 4.90 Å². The number of carbonyl (C=O) groups excluding carboxylic acids is 1. The summed E-state index contributed by atoms with van der Waals surface area (Å²) in [6.45, 7) is 2.10. The maximum atomic E-state index is 12.6. The van der Waals surface area contributed by atoms with E-state index in [-0.39, 0.29) is 28.3 Å². The van der Waals surface area contributed by atoms with Crippen LogP contribution in [0.5, 0.6) is 5.75 Å². The van der Waals surface area contributed by atoms with E-state index in [9.17, 15) is 9.90 Å². The van der Waals surface area contributed by atoms with E-state index in [1.165, 1.54) is 12.1 Å². The molecule has 2 aliphatic heterocycles. The third-order valence-electron chi connectivity index (χ3n) is 4.25. The lowest BCUT2D eigenvalue weighted by atomic mass is 9.88. The summed E-state index contributed by atoms with van der Waals surface area (Å²) in [4.78, 5) is 14.4. The van der Waals surface area contributed by atoms with E-state index in [1.807, 2.05) is 0 Å². The first kappa shape index (κ1) is 14.9. The van der Waals surface area contributed by atoms with Gasteiger partial charge >= 0.3 is 0 Å². The summed E-state index contributed by atoms with van der Waals surface area (Å²) in [5.74, 6) is -0.0256. The minimum Gasteiger partial charge on any atom is -0.507 e. The van der Waals surface area contributed by atoms with Crippen LogP contribution in [0.4, 0.5) is 0 Å². The van der Waals surface area contributed by atoms with Crippen molar-refractivity contribution < 1.29 is 14.6 Å². The fourth-order valence-electron chi connectivity index (χ4n) is 3.20. The largest absolute Gasteiger partial charge is 0.507 e. The molecule has 0 saturated carbocycles. The van der Waals surface area contributed by atoms with Crippen LogP contribution < -0.4 is 0 Å². The van der Waals surface area contributed by atoms with E-state index in [0.717, 1.165) is 25.9 Å². The van der Waals surface area contributed by atoms with E-state index in [0.29, 0.717) is 24.0 Å². The van der Waals surface area contributed by atoms with Crippen LogP contribution in [-0.4, -0.2) is 41.7 Å². The molecule has 21 heavy (non-hydrogen) atoms. The predicted molar refractivity (Wildman–Crippen MR) is 81.1 cm³/mol. The lowest BCUT2D eigenvalue weighted by Gasteiger charge is -2.41. The molecular weight excluding hydrogens is 313 g/mol. The third kappa shape index (κ3) is 2.98. The van der Waals surface area contributed by atoms with Crippen LogP contribution in [0.1, 0.15) is 29.6 Å². The van der Waals surface area contributed by atoms with Gasteiger partial charge in [0.05, 0.1) is 16.7 Å². The van der Waals surface area contributed by atoms with Gasteiger partial charge in [0.15, 0.2) is 0 Å². The minimum atomic E-state index is -0.238. The topological polar surface area (TPSA) is 49.8 Å². The molecule has 2 saturated heterocycles. The van der Waals surface area contributed by atoms with Crippen molar-refractivity contribution >= 4 is 29.1 Å². The molecule has 0 radical (unpaired) electrons. The number of ether oxygens (including phenoxy) is 1. The van der Waals surface area contributed by atoms with Gasteiger partial charge in [-0.3, -0.25) is 4.79 Å². The molecular formula is C15H17Cl2NO3. The van der Waals surface area contributed by atoms with Gasteiger partial charge in [0.2, 0.25) is 0 Å². The Morgan fingerprint density at radius 2 is 2.14 bits per heavy atom. The molecule has 2 fully saturated rings. The van der Waals surface area contributed by atoms with E-state index in [2.05, 4.69) is 0 Å². The molecule has 2 atom stereocenters. The lowest BCUT2D eigenvalue weighted by molar-refractivity contribution is -0.0607. The van der Waals surface area contributed by atoms with Crippen LogP contribution in [0.3, 0.4) is 0 Å². The van der Waals surface area contributed by atoms with Crippen LogP contribution in [0.15, 0.2) is 12.1 Å². The third-order valence-corrected chi connectivity index (χ3v) is 4.77. The number of benzene rings is 1. The van der Waals surface area contributed by atoms with E-state index in [4.69, 9.17) is 27.9 Å². The standard InChI is InChI=1S/C15H17Cl2NO3/c16-10-6-11(17)14(12(19)7-10)15(20)18-4-3-13-9(8-18)2-1-5-21-13/h6-7,9,13,19H,1-5,8H2/t9-,13-/m0/s1. The highest BCUT2D eigenvalue weighted by Crippen LogP contribution is 2.34. The zero-order valence-electron chi connectivity index (χ0n) is 11.5. The second-order valence-electron chi connectivity index (χ2n) is 5.63. The lowest BCUT2D eigenvalue weighted by Crippen LogP contribution is -2.48. The molecule has 0 spiro atoms. The van der Waals surface area contributed by atoms with Crippen molar-refractivity contribution in [2.24, 2.45) is 5.92 Å². The fraction of sp³-hybridized carbons (Fsp3) is 0.533. The Morgan fingerprint density at radius 1 is 1.33 bits per heavy atom. The average molecular weight is 330 g/mol. The van der Waals surface area contributed by atoms with Crippen molar-refractivity contribution in [1.29, 1.82) is 0 Å². The van der Waals surface area contributed by atoms with Gasteiger partial charge in [-0.25, -0.2) is 0 Å². The Balaban J connectivity index is 1.80. The van der Waals surface area contributed by atoms with Crippen molar-refractivity contribution in [1.82, 2.24) is 4.90 Å². The van der Waals surface area contributed by atoms with Crippen molar-refractivity contribution in [3.63, 3.8) is 0 Å². The van der Waals surface area contributed by atoms with Gasteiger partial charge < -0.3 is 14.7 Å². The quantitative estimate of drug-likeness (QED) is 0.859. The van der Waals surface area contributed by atoms with Crippen molar-refractivity contribution in [3.8, 4) is 5.75 Å². The molecule has 1 amide bonds. The SMILES string of the molecule is O=C(c1c(O)cc(Cl)cc1Cl)N1CC[C@@H]2OCCC[C@H]2C1. The summed E-state index contributed by atoms with van der Waals surface area (Å²) in [5, 5.41) is 10.5. The molecule has 2 heterocycles. The van der Waals surface area contributed by atoms with Gasteiger partial charge in [0, 0.05) is 30.6 Å². The summed E-state index contributed by atoms with van der Waals surface area (Å²) in [6.07, 6.45) is 3.21. The number of carbonyl (C=O) groups is 1. The summed E-state index contributed by atoms with van der Waals surface area (Å²) in [7, 11) is 0. The van der Waals surface area contributed by atoms with Crippen LogP contribution in [0.2, 0.25) is 10.0 Å². The van der Waals surface area contributed by atoms with E-state index >= 15 is 0 Å². The number of rotatable bonds is 1. The summed E-state index contributed by atoms with van der Waals surface area (Å²) >= 11 is 11.9. The molecule has 2 aliphatic rings. The Kier molecular flexibility index (Phi) is 4.29. The van der Waals surface area contributed by atoms with Crippen molar-refractivity contribution in [3.05, 3.63) is 27.7 Å². The number of hydrogen-bond acceptors (Lipinski definition) is 3. The molecule has 3 rings (SSSR count). The maximum absolute atomic E-state index is 12.6. The predicted octanol–water partition coefficient (Wildman–Crippen LogP) is 3.34. The van der Waals surface area contributed by atoms with Crippen molar-refractivity contribution in [2.75, 3.05) is 19.7 Å². The van der Waals surface area contributed by atoms with Crippen LogP contribution in [-0.2, 0) is 4.74 Å². The Labute approximate surface area is 133 Å². The first-order valence-electron chi connectivity index (χ1n) is 7.15. The molecule has 0 bridgehead atoms. The molecule has 1 aromatic rings. The summed E-state index contributed by atoms with van der Waals surface area (Å²) in [5.41, 5.74) is 0.135. The Hall–Kier alpha value is -0.970. The Bertz CT molecular complexity index is 541. The van der Waals surface area contributed by atoms with E-state index < -0.39 is 0 Å². The van der Waals surface area contributed by atoms with Gasteiger partial charge in [0.25, 0.3) is 5.91 Å². The molecule has 1 N–H and O–H groups in total. The maximum Gasteiger partial charge on any atom is 0.259 e. The van der Waals surface area contributed by atoms with Gasteiger partial charge in [-0.15, -0.1) is 0 Å². The first-order chi connectivity index (χ1) is 10.1. The molecule has 0 unspecified atom stereocenters. The fourth-order valence-corrected chi connectivity index (χ4v) is 3.77. The zero-order valence-corrected chi connectivity index (χ0v) is 13.0. The second-order valence-corrected chi connectivity index (χ2v) is 6.48. The number of aromatic hydroxyl groups is 1. The monoisotopic (exact) mass is 329 g/mol. The van der Waals surface area contributed by atoms with Gasteiger partial charge in [-0.2, -0.15) is 0 Å². The molecule has 114 valence electrons. The number of nitrogens with zero attached hydrogens (tertiary/aromatic N) is 1. The first-order valence-corrected chi connectivity index (χ1v) is 7.90. The number of hydrogen-bond donors (Lipinski definition) is 1. The van der Waals surface area contributed by atoms with Gasteiger partial charge in [-0.05, 0) is 31.4 Å². The second kappa shape index (κ2) is 6.03. The average Bonchev–Trinajstić information content (AvgIpc) is 2.45. The normalized spacial score (nSPS) is 25.5. The number of halogens is 2. The molecule has 0 aromatic heterocycles. The number of likely N-dealkylation sites (tertiary alicyclic amines) is 1. The number of phenolic OH excluding ortho intramolecular Hbond substituents is 1. The minimum absolute atomic E-state index is 0.135. The molecule has 6 heteroatoms. The summed E-state index contributed by atoms with van der Waals surface area (Å²) < 4.78 is 5.75. The number of fused-ring (bicyclic) bond motifs is 1. The van der Waals surface area contributed by atoms with Crippen LogP contribution in [0.25, 0.3) is 0 Å². The smallest absolute Gasteiger partial charge is 0.259 e. The highest BCUT2D eigenvalue weighted by Gasteiger charge is 2.35. The zero-order chi connectivity index (χ0) is 15.0. The van der Waals surface area contributed by atoms with Gasteiger partial charge in [0.1, 0.15) is 5.75 Å².